The first-order valence-corrected chi connectivity index (χ1v) is 11.6. The Morgan fingerprint density at radius 3 is 2.82 bits per heavy atom. The zero-order valence-electron chi connectivity index (χ0n) is 19.4. The van der Waals surface area contributed by atoms with E-state index < -0.39 is 5.44 Å². The van der Waals surface area contributed by atoms with Gasteiger partial charge in [-0.25, -0.2) is 9.97 Å². The van der Waals surface area contributed by atoms with Crippen molar-refractivity contribution in [2.24, 2.45) is 9.98 Å². The molecule has 0 saturated carbocycles. The average Bonchev–Trinajstić information content (AvgIpc) is 3.27. The number of hydrogen-bond acceptors (Lipinski definition) is 10. The third-order valence-corrected chi connectivity index (χ3v) is 5.58. The molecule has 0 aliphatic carbocycles. The largest absolute Gasteiger partial charge is 0.380 e. The van der Waals surface area contributed by atoms with Crippen LogP contribution in [0.3, 0.4) is 0 Å². The van der Waals surface area contributed by atoms with Gasteiger partial charge >= 0.3 is 0 Å². The van der Waals surface area contributed by atoms with E-state index in [2.05, 4.69) is 55.1 Å². The van der Waals surface area contributed by atoms with E-state index in [-0.39, 0.29) is 12.3 Å². The van der Waals surface area contributed by atoms with E-state index in [4.69, 9.17) is 9.47 Å². The van der Waals surface area contributed by atoms with Gasteiger partial charge in [-0.1, -0.05) is 18.7 Å². The zero-order valence-corrected chi connectivity index (χ0v) is 20.3. The van der Waals surface area contributed by atoms with Crippen molar-refractivity contribution in [3.63, 3.8) is 0 Å². The summed E-state index contributed by atoms with van der Waals surface area (Å²) in [6, 6.07) is 0. The molecule has 3 atom stereocenters. The Bertz CT molecular complexity index is 945. The first-order chi connectivity index (χ1) is 16.0. The third-order valence-electron chi connectivity index (χ3n) is 5.17. The molecule has 1 aromatic heterocycles. The second kappa shape index (κ2) is 12.5. The molecular formula is C23H33N7O2S. The number of nitrogens with one attached hydrogen (secondary N) is 3. The van der Waals surface area contributed by atoms with E-state index in [0.717, 1.165) is 35.5 Å². The van der Waals surface area contributed by atoms with Crippen molar-refractivity contribution in [3.8, 4) is 0 Å². The first-order valence-electron chi connectivity index (χ1n) is 11.1. The molecule has 3 heterocycles. The summed E-state index contributed by atoms with van der Waals surface area (Å²) in [5.74, 6) is 1.37. The second-order valence-corrected chi connectivity index (χ2v) is 8.03. The van der Waals surface area contributed by atoms with Crippen LogP contribution in [0.1, 0.15) is 44.6 Å². The highest BCUT2D eigenvalue weighted by atomic mass is 32.1. The monoisotopic (exact) mass is 471 g/mol. The van der Waals surface area contributed by atoms with Gasteiger partial charge in [-0.15, -0.1) is 12.6 Å². The van der Waals surface area contributed by atoms with Gasteiger partial charge in [0, 0.05) is 25.5 Å². The third kappa shape index (κ3) is 6.89. The molecule has 0 radical (unpaired) electrons. The van der Waals surface area contributed by atoms with E-state index in [1.54, 1.807) is 12.4 Å². The van der Waals surface area contributed by atoms with Gasteiger partial charge in [0.25, 0.3) is 0 Å². The van der Waals surface area contributed by atoms with Crippen LogP contribution in [-0.4, -0.2) is 54.4 Å². The maximum absolute atomic E-state index is 5.94. The van der Waals surface area contributed by atoms with Crippen molar-refractivity contribution < 1.29 is 9.47 Å². The Balaban J connectivity index is 1.57. The molecule has 0 amide bonds. The van der Waals surface area contributed by atoms with E-state index in [9.17, 15) is 0 Å². The van der Waals surface area contributed by atoms with Crippen LogP contribution in [0.2, 0.25) is 0 Å². The number of aliphatic imine (C=N–C) groups is 2. The van der Waals surface area contributed by atoms with Crippen LogP contribution in [0.15, 0.2) is 52.1 Å². The number of anilines is 2. The van der Waals surface area contributed by atoms with Crippen molar-refractivity contribution in [1.29, 1.82) is 0 Å². The van der Waals surface area contributed by atoms with Crippen LogP contribution in [0.5, 0.6) is 0 Å². The van der Waals surface area contributed by atoms with Gasteiger partial charge < -0.3 is 25.4 Å². The van der Waals surface area contributed by atoms with Crippen molar-refractivity contribution in [3.05, 3.63) is 47.7 Å². The highest BCUT2D eigenvalue weighted by molar-refractivity contribution is 7.80. The fourth-order valence-electron chi connectivity index (χ4n) is 3.62. The molecule has 2 aliphatic heterocycles. The number of rotatable bonds is 9. The van der Waals surface area contributed by atoms with Gasteiger partial charge in [-0.05, 0) is 33.6 Å². The van der Waals surface area contributed by atoms with E-state index in [1.807, 2.05) is 32.9 Å². The molecule has 3 N–H and O–H groups in total. The van der Waals surface area contributed by atoms with Crippen molar-refractivity contribution >= 4 is 36.7 Å². The lowest BCUT2D eigenvalue weighted by molar-refractivity contribution is -0.0104. The standard InChI is InChI=1S/C23H33N7O2S/c1-5-24-15(3)20(25-6-2)16(4)26-11-7-8-12-27-21-19-22(29-14-28-21)30-18-10-9-17(32-18)13-31-23(19)33/h5-8,14,17-18,23,26,33H,4,9-13H2,1-3H3,(H2,27,28,29,30)/b8-7+,20-15+,24-5?,25-6?/t17-,18+,23?/m0/s1. The predicted octanol–water partition coefficient (Wildman–Crippen LogP) is 3.84. The number of nitrogens with zero attached hydrogens (tertiary/aromatic N) is 4. The SMILES string of the molecule is C=C(NC/C=C/CNc1ncnc2c1C(S)OC[C@@H]1CC[C@H](N2)O1)/C(N=CC)=C(/C)N=CC. The smallest absolute Gasteiger partial charge is 0.140 e. The van der Waals surface area contributed by atoms with Crippen molar-refractivity contribution in [2.45, 2.75) is 51.4 Å². The minimum atomic E-state index is -0.452. The highest BCUT2D eigenvalue weighted by Crippen LogP contribution is 2.36. The molecule has 2 aliphatic rings. The Kier molecular flexibility index (Phi) is 9.47. The molecule has 178 valence electrons. The number of aromatic nitrogens is 2. The summed E-state index contributed by atoms with van der Waals surface area (Å²) >= 11 is 4.64. The van der Waals surface area contributed by atoms with Crippen molar-refractivity contribution in [1.82, 2.24) is 15.3 Å². The van der Waals surface area contributed by atoms with Gasteiger partial charge in [0.05, 0.1) is 29.7 Å². The molecule has 2 bridgehead atoms. The summed E-state index contributed by atoms with van der Waals surface area (Å²) in [5, 5.41) is 9.95. The Morgan fingerprint density at radius 1 is 1.24 bits per heavy atom. The van der Waals surface area contributed by atoms with Gasteiger partial charge in [0.1, 0.15) is 35.3 Å². The quantitative estimate of drug-likeness (QED) is 0.188. The number of ether oxygens (including phenoxy) is 2. The lowest BCUT2D eigenvalue weighted by Gasteiger charge is -2.20. The molecular weight excluding hydrogens is 438 g/mol. The Labute approximate surface area is 201 Å². The van der Waals surface area contributed by atoms with Gasteiger partial charge in [0.2, 0.25) is 0 Å². The van der Waals surface area contributed by atoms with Gasteiger partial charge in [0.15, 0.2) is 0 Å². The lowest BCUT2D eigenvalue weighted by atomic mass is 10.2. The average molecular weight is 472 g/mol. The maximum Gasteiger partial charge on any atom is 0.140 e. The summed E-state index contributed by atoms with van der Waals surface area (Å²) in [4.78, 5) is 17.5. The molecule has 0 aromatic carbocycles. The number of allylic oxidation sites excluding steroid dienone is 1. The zero-order chi connectivity index (χ0) is 23.6. The number of hydrogen-bond donors (Lipinski definition) is 4. The minimum Gasteiger partial charge on any atom is -0.380 e. The number of thiol groups is 1. The molecule has 1 unspecified atom stereocenters. The summed E-state index contributed by atoms with van der Waals surface area (Å²) in [6.07, 6.45) is 10.9. The van der Waals surface area contributed by atoms with Crippen LogP contribution in [0.25, 0.3) is 0 Å². The Morgan fingerprint density at radius 2 is 2.03 bits per heavy atom. The minimum absolute atomic E-state index is 0.0690. The fourth-order valence-corrected chi connectivity index (χ4v) is 3.95. The van der Waals surface area contributed by atoms with E-state index in [1.165, 1.54) is 6.33 Å². The predicted molar refractivity (Wildman–Crippen MR) is 137 cm³/mol. The van der Waals surface area contributed by atoms with E-state index >= 15 is 0 Å². The molecule has 9 nitrogen and oxygen atoms in total. The fraction of sp³-hybridized carbons (Fsp3) is 0.478. The highest BCUT2D eigenvalue weighted by Gasteiger charge is 2.31. The lowest BCUT2D eigenvalue weighted by Crippen LogP contribution is -2.21. The summed E-state index contributed by atoms with van der Waals surface area (Å²) in [7, 11) is 0. The normalized spacial score (nSPS) is 23.6. The van der Waals surface area contributed by atoms with Crippen LogP contribution >= 0.6 is 12.6 Å². The summed E-state index contributed by atoms with van der Waals surface area (Å²) < 4.78 is 11.9. The molecule has 0 spiro atoms. The molecule has 1 aromatic rings. The summed E-state index contributed by atoms with van der Waals surface area (Å²) in [5.41, 5.74) is 2.61. The maximum atomic E-state index is 5.94. The number of fused-ring (bicyclic) bond motifs is 3. The topological polar surface area (TPSA) is 105 Å². The van der Waals surface area contributed by atoms with Gasteiger partial charge in [-0.2, -0.15) is 0 Å². The Hall–Kier alpha value is -2.69. The summed E-state index contributed by atoms with van der Waals surface area (Å²) in [6.45, 7) is 11.4. The van der Waals surface area contributed by atoms with Crippen LogP contribution in [-0.2, 0) is 9.47 Å². The second-order valence-electron chi connectivity index (χ2n) is 7.56. The van der Waals surface area contributed by atoms with Gasteiger partial charge in [-0.3, -0.25) is 9.98 Å². The van der Waals surface area contributed by atoms with Crippen molar-refractivity contribution in [2.75, 3.05) is 30.3 Å². The molecule has 1 saturated heterocycles. The van der Waals surface area contributed by atoms with Crippen LogP contribution < -0.4 is 16.0 Å². The molecule has 3 rings (SSSR count). The van der Waals surface area contributed by atoms with Crippen LogP contribution in [0, 0.1) is 0 Å². The molecule has 1 fully saturated rings. The first kappa shape index (κ1) is 24.9. The molecule has 10 heteroatoms. The van der Waals surface area contributed by atoms with Crippen LogP contribution in [0.4, 0.5) is 11.6 Å². The van der Waals surface area contributed by atoms with E-state index in [0.29, 0.717) is 31.3 Å². The molecule has 33 heavy (non-hydrogen) atoms.